The summed E-state index contributed by atoms with van der Waals surface area (Å²) in [7, 11) is 1.48. The summed E-state index contributed by atoms with van der Waals surface area (Å²) in [5, 5.41) is 10.1. The van der Waals surface area contributed by atoms with E-state index < -0.39 is 59.4 Å². The van der Waals surface area contributed by atoms with Gasteiger partial charge in [0.1, 0.15) is 36.5 Å². The number of morpholine rings is 1. The lowest BCUT2D eigenvalue weighted by Gasteiger charge is -2.46. The van der Waals surface area contributed by atoms with E-state index in [1.807, 2.05) is 82.6 Å². The van der Waals surface area contributed by atoms with Crippen molar-refractivity contribution in [1.29, 1.82) is 0 Å². The maximum atomic E-state index is 16.7. The highest BCUT2D eigenvalue weighted by Crippen LogP contribution is 2.67. The molecule has 15 heteroatoms. The first-order valence-electron chi connectivity index (χ1n) is 23.9. The van der Waals surface area contributed by atoms with Crippen LogP contribution in [-0.2, 0) is 34.0 Å². The Morgan fingerprint density at radius 1 is 0.814 bits per heavy atom. The van der Waals surface area contributed by atoms with Gasteiger partial charge >= 0.3 is 12.1 Å². The Hall–Kier alpha value is -7.38. The molecule has 3 fully saturated rings. The van der Waals surface area contributed by atoms with Crippen molar-refractivity contribution in [3.05, 3.63) is 161 Å². The Bertz CT molecular complexity index is 2830. The average molecular weight is 943 g/mol. The van der Waals surface area contributed by atoms with Gasteiger partial charge in [-0.3, -0.25) is 19.3 Å². The summed E-state index contributed by atoms with van der Waals surface area (Å²) in [4.78, 5) is 78.9. The number of allylic oxidation sites excluding steroid dienone is 2. The zero-order chi connectivity index (χ0) is 48.2. The number of amides is 3. The van der Waals surface area contributed by atoms with Crippen molar-refractivity contribution in [1.82, 2.24) is 19.8 Å². The first-order valence-corrected chi connectivity index (χ1v) is 23.9. The summed E-state index contributed by atoms with van der Waals surface area (Å²) < 4.78 is 24.0. The van der Waals surface area contributed by atoms with E-state index in [9.17, 15) is 9.90 Å². The first-order chi connectivity index (χ1) is 34.3. The van der Waals surface area contributed by atoms with E-state index in [0.29, 0.717) is 47.0 Å². The Balaban J connectivity index is 1.25. The molecule has 1 spiro atoms. The van der Waals surface area contributed by atoms with Crippen LogP contribution in [0.2, 0.25) is 0 Å². The van der Waals surface area contributed by atoms with Gasteiger partial charge in [0.2, 0.25) is 17.8 Å². The summed E-state index contributed by atoms with van der Waals surface area (Å²) in [6.07, 6.45) is 7.49. The van der Waals surface area contributed by atoms with E-state index in [1.54, 1.807) is 53.7 Å². The molecule has 15 nitrogen and oxygen atoms in total. The van der Waals surface area contributed by atoms with Crippen molar-refractivity contribution in [3.8, 4) is 17.6 Å². The van der Waals surface area contributed by atoms with Gasteiger partial charge in [-0.1, -0.05) is 96.8 Å². The highest BCUT2D eigenvalue weighted by molar-refractivity contribution is 6.23. The van der Waals surface area contributed by atoms with E-state index in [2.05, 4.69) is 27.9 Å². The number of aromatic nitrogens is 2. The number of rotatable bonds is 11. The van der Waals surface area contributed by atoms with Crippen LogP contribution in [0.5, 0.6) is 5.75 Å². The third kappa shape index (κ3) is 8.35. The molecule has 0 unspecified atom stereocenters. The maximum absolute atomic E-state index is 16.7. The zero-order valence-corrected chi connectivity index (χ0v) is 38.9. The van der Waals surface area contributed by atoms with E-state index in [0.717, 1.165) is 41.7 Å². The van der Waals surface area contributed by atoms with Gasteiger partial charge in [0, 0.05) is 56.8 Å². The standard InChI is InChI=1S/C55H54N6O9/c1-67-34-35-69-54(66)60-43-25-24-38(23-22-37-14-5-2-6-15-37)36-42(43)55(52(60)65)45(50(63)58-28-30-59(31-29-58)53-56-26-13-27-57-53)47-51(64)70-48(40-18-9-4-10-19-40)46(39-16-7-3-8-17-39)61(47)49(55)41-20-11-12-21-44(41)68-33-32-62/h3-4,7-14,16-21,24-27,36,45-49,62H,2,5-6,15,28-35H2,1H3/t45-,46-,47-,48+,49+,55-/m0/s1. The predicted octanol–water partition coefficient (Wildman–Crippen LogP) is 6.50. The minimum Gasteiger partial charge on any atom is -0.491 e. The number of esters is 1. The van der Waals surface area contributed by atoms with Crippen LogP contribution in [-0.4, -0.2) is 115 Å². The molecule has 1 aliphatic carbocycles. The third-order valence-electron chi connectivity index (χ3n) is 14.1. The lowest BCUT2D eigenvalue weighted by molar-refractivity contribution is -0.179. The zero-order valence-electron chi connectivity index (χ0n) is 38.9. The number of imide groups is 1. The number of methoxy groups -OCH3 is 1. The van der Waals surface area contributed by atoms with Crippen LogP contribution in [0.25, 0.3) is 0 Å². The smallest absolute Gasteiger partial charge is 0.421 e. The van der Waals surface area contributed by atoms with E-state index in [4.69, 9.17) is 18.9 Å². The predicted molar refractivity (Wildman–Crippen MR) is 258 cm³/mol. The number of cyclic esters (lactones) is 1. The van der Waals surface area contributed by atoms with Crippen LogP contribution in [0.4, 0.5) is 16.4 Å². The van der Waals surface area contributed by atoms with Crippen molar-refractivity contribution in [3.63, 3.8) is 0 Å². The molecule has 5 heterocycles. The molecule has 1 aromatic heterocycles. The van der Waals surface area contributed by atoms with Crippen LogP contribution in [0.15, 0.2) is 133 Å². The molecule has 4 aromatic carbocycles. The van der Waals surface area contributed by atoms with Gasteiger partial charge in [0.05, 0.1) is 36.9 Å². The van der Waals surface area contributed by atoms with Gasteiger partial charge in [0.15, 0.2) is 0 Å². The fourth-order valence-corrected chi connectivity index (χ4v) is 11.1. The van der Waals surface area contributed by atoms with Gasteiger partial charge < -0.3 is 33.9 Å². The molecule has 3 saturated heterocycles. The lowest BCUT2D eigenvalue weighted by atomic mass is 9.64. The van der Waals surface area contributed by atoms with Crippen LogP contribution in [0.3, 0.4) is 0 Å². The van der Waals surface area contributed by atoms with E-state index in [1.165, 1.54) is 7.11 Å². The molecule has 0 saturated carbocycles. The van der Waals surface area contributed by atoms with Crippen LogP contribution in [0.1, 0.15) is 71.7 Å². The van der Waals surface area contributed by atoms with Crippen LogP contribution < -0.4 is 14.5 Å². The van der Waals surface area contributed by atoms with Crippen molar-refractivity contribution in [2.24, 2.45) is 5.92 Å². The number of fused-ring (bicyclic) bond motifs is 3. The van der Waals surface area contributed by atoms with Crippen molar-refractivity contribution in [2.75, 3.05) is 69.5 Å². The normalized spacial score (nSPS) is 24.0. The maximum Gasteiger partial charge on any atom is 0.421 e. The summed E-state index contributed by atoms with van der Waals surface area (Å²) in [5.41, 5.74) is 1.96. The Morgan fingerprint density at radius 2 is 1.54 bits per heavy atom. The largest absolute Gasteiger partial charge is 0.491 e. The molecular weight excluding hydrogens is 889 g/mol. The fourth-order valence-electron chi connectivity index (χ4n) is 11.1. The van der Waals surface area contributed by atoms with Gasteiger partial charge in [-0.25, -0.2) is 19.7 Å². The minimum absolute atomic E-state index is 0.0662. The summed E-state index contributed by atoms with van der Waals surface area (Å²) in [6, 6.07) is 29.8. The average Bonchev–Trinajstić information content (AvgIpc) is 3.86. The van der Waals surface area contributed by atoms with Crippen molar-refractivity contribution < 1.29 is 43.2 Å². The molecule has 5 aromatic rings. The number of carbonyl (C=O) groups excluding carboxylic acids is 4. The second-order valence-corrected chi connectivity index (χ2v) is 17.9. The number of aliphatic hydroxyl groups is 1. The first kappa shape index (κ1) is 46.4. The molecule has 4 aliphatic heterocycles. The SMILES string of the molecule is COCCOC(=O)N1C(=O)[C@@]2(c3cc(C#CC4=CCCCC4)ccc31)[C@H](C(=O)N1CCN(c3ncccn3)CC1)[C@H]1C(=O)O[C@H](c3ccccc3)[C@H](c3ccccc3)N1[C@@H]2c1ccccc1OCCO. The quantitative estimate of drug-likeness (QED) is 0.0869. The highest BCUT2D eigenvalue weighted by atomic mass is 16.6. The minimum atomic E-state index is -2.05. The lowest BCUT2D eigenvalue weighted by Crippen LogP contribution is -2.59. The number of aliphatic hydroxyl groups excluding tert-OH is 1. The number of benzene rings is 4. The molecule has 0 bridgehead atoms. The number of hydrogen-bond acceptors (Lipinski definition) is 13. The molecule has 5 aliphatic rings. The Kier molecular flexibility index (Phi) is 13.4. The molecule has 1 N–H and O–H groups in total. The molecule has 3 amide bonds. The molecule has 70 heavy (non-hydrogen) atoms. The van der Waals surface area contributed by atoms with Crippen LogP contribution in [0, 0.1) is 17.8 Å². The van der Waals surface area contributed by atoms with Crippen LogP contribution >= 0.6 is 0 Å². The number of ether oxygens (including phenoxy) is 4. The number of anilines is 2. The number of piperazine rings is 1. The molecular formula is C55H54N6O9. The Morgan fingerprint density at radius 3 is 2.26 bits per heavy atom. The van der Waals surface area contributed by atoms with Crippen molar-refractivity contribution >= 4 is 35.5 Å². The van der Waals surface area contributed by atoms with E-state index in [-0.39, 0.29) is 45.2 Å². The topological polar surface area (TPSA) is 164 Å². The van der Waals surface area contributed by atoms with Gasteiger partial charge in [-0.2, -0.15) is 0 Å². The van der Waals surface area contributed by atoms with Gasteiger partial charge in [-0.15, -0.1) is 0 Å². The second-order valence-electron chi connectivity index (χ2n) is 17.9. The second kappa shape index (κ2) is 20.3. The molecule has 358 valence electrons. The molecule has 6 atom stereocenters. The number of nitrogens with zero attached hydrogens (tertiary/aromatic N) is 6. The van der Waals surface area contributed by atoms with E-state index >= 15 is 14.4 Å². The van der Waals surface area contributed by atoms with Gasteiger partial charge in [0.25, 0.3) is 0 Å². The highest BCUT2D eigenvalue weighted by Gasteiger charge is 2.76. The molecule has 0 radical (unpaired) electrons. The number of carbonyl (C=O) groups is 4. The summed E-state index contributed by atoms with van der Waals surface area (Å²) in [5.74, 6) is 4.13. The van der Waals surface area contributed by atoms with Gasteiger partial charge in [-0.05, 0) is 78.3 Å². The number of para-hydroxylation sites is 1. The summed E-state index contributed by atoms with van der Waals surface area (Å²) in [6.45, 7) is 0.677. The monoisotopic (exact) mass is 942 g/mol. The Labute approximate surface area is 406 Å². The summed E-state index contributed by atoms with van der Waals surface area (Å²) >= 11 is 0. The number of hydrogen-bond donors (Lipinski definition) is 1. The third-order valence-corrected chi connectivity index (χ3v) is 14.1. The fraction of sp³-hybridized carbons (Fsp3) is 0.345. The molecule has 10 rings (SSSR count). The van der Waals surface area contributed by atoms with Crippen molar-refractivity contribution in [2.45, 2.75) is 55.3 Å².